The van der Waals surface area contributed by atoms with Crippen molar-refractivity contribution in [3.8, 4) is 11.1 Å². The van der Waals surface area contributed by atoms with Gasteiger partial charge in [0.2, 0.25) is 0 Å². The highest BCUT2D eigenvalue weighted by molar-refractivity contribution is 9.10. The molecule has 0 aliphatic rings. The Kier molecular flexibility index (Phi) is 2.97. The Hall–Kier alpha value is -2.19. The first-order valence-electron chi connectivity index (χ1n) is 6.86. The molecular weight excluding hydrogens is 322 g/mol. The first kappa shape index (κ1) is 12.5. The summed E-state index contributed by atoms with van der Waals surface area (Å²) in [5.74, 6) is 0. The van der Waals surface area contributed by atoms with Gasteiger partial charge in [0.05, 0.1) is 11.0 Å². The second kappa shape index (κ2) is 4.97. The molecule has 4 aromatic rings. The second-order valence-electron chi connectivity index (χ2n) is 5.06. The van der Waals surface area contributed by atoms with E-state index in [2.05, 4.69) is 76.6 Å². The smallest absolute Gasteiger partial charge is 0.0715 e. The predicted octanol–water partition coefficient (Wildman–Crippen LogP) is 5.82. The average Bonchev–Trinajstić information content (AvgIpc) is 2.52. The molecule has 21 heavy (non-hydrogen) atoms. The normalized spacial score (nSPS) is 11.1. The second-order valence-corrected chi connectivity index (χ2v) is 5.98. The summed E-state index contributed by atoms with van der Waals surface area (Å²) in [7, 11) is 0. The minimum atomic E-state index is 1.03. The molecule has 1 nitrogen and oxygen atoms in total. The van der Waals surface area contributed by atoms with Crippen LogP contribution in [0.3, 0.4) is 0 Å². The van der Waals surface area contributed by atoms with Crippen LogP contribution in [0.15, 0.2) is 77.3 Å². The summed E-state index contributed by atoms with van der Waals surface area (Å²) >= 11 is 3.55. The first-order valence-corrected chi connectivity index (χ1v) is 7.65. The molecular formula is C19H12BrN. The monoisotopic (exact) mass is 333 g/mol. The average molecular weight is 334 g/mol. The van der Waals surface area contributed by atoms with Gasteiger partial charge in [-0.1, -0.05) is 58.4 Å². The van der Waals surface area contributed by atoms with E-state index < -0.39 is 0 Å². The van der Waals surface area contributed by atoms with Crippen molar-refractivity contribution in [3.63, 3.8) is 0 Å². The number of nitrogens with zero attached hydrogens (tertiary/aromatic N) is 1. The standard InChI is InChI=1S/C19H12BrN/c20-15-7-3-6-13(11-15)16-8-4-10-19-17(16)12-14-5-1-2-9-18(14)21-19/h1-12H. The molecule has 1 aromatic heterocycles. The van der Waals surface area contributed by atoms with Crippen LogP contribution in [0.2, 0.25) is 0 Å². The lowest BCUT2D eigenvalue weighted by molar-refractivity contribution is 1.49. The van der Waals surface area contributed by atoms with E-state index in [1.54, 1.807) is 0 Å². The van der Waals surface area contributed by atoms with E-state index in [9.17, 15) is 0 Å². The van der Waals surface area contributed by atoms with Crippen molar-refractivity contribution < 1.29 is 0 Å². The number of hydrogen-bond acceptors (Lipinski definition) is 1. The quantitative estimate of drug-likeness (QED) is 0.400. The summed E-state index contributed by atoms with van der Waals surface area (Å²) in [5.41, 5.74) is 4.49. The van der Waals surface area contributed by atoms with Crippen molar-refractivity contribution >= 4 is 37.7 Å². The molecule has 0 bridgehead atoms. The van der Waals surface area contributed by atoms with Crippen LogP contribution in [-0.2, 0) is 0 Å². The number of pyridine rings is 1. The van der Waals surface area contributed by atoms with E-state index in [4.69, 9.17) is 4.98 Å². The Balaban J connectivity index is 2.07. The molecule has 0 unspecified atom stereocenters. The number of rotatable bonds is 1. The molecule has 1 heterocycles. The number of halogens is 1. The first-order chi connectivity index (χ1) is 10.3. The predicted molar refractivity (Wildman–Crippen MR) is 92.4 cm³/mol. The summed E-state index contributed by atoms with van der Waals surface area (Å²) in [4.78, 5) is 4.77. The van der Waals surface area contributed by atoms with Gasteiger partial charge in [-0.2, -0.15) is 0 Å². The Morgan fingerprint density at radius 1 is 0.714 bits per heavy atom. The van der Waals surface area contributed by atoms with Crippen molar-refractivity contribution in [3.05, 3.63) is 77.3 Å². The lowest BCUT2D eigenvalue weighted by Gasteiger charge is -2.08. The van der Waals surface area contributed by atoms with Gasteiger partial charge < -0.3 is 0 Å². The molecule has 0 radical (unpaired) electrons. The maximum Gasteiger partial charge on any atom is 0.0715 e. The third-order valence-corrected chi connectivity index (χ3v) is 4.19. The van der Waals surface area contributed by atoms with Gasteiger partial charge in [-0.15, -0.1) is 0 Å². The number of aromatic nitrogens is 1. The highest BCUT2D eigenvalue weighted by Gasteiger charge is 2.06. The summed E-state index contributed by atoms with van der Waals surface area (Å²) in [6, 6.07) is 25.2. The van der Waals surface area contributed by atoms with Crippen LogP contribution >= 0.6 is 15.9 Å². The van der Waals surface area contributed by atoms with Gasteiger partial charge in [-0.25, -0.2) is 4.98 Å². The summed E-state index contributed by atoms with van der Waals surface area (Å²) in [5, 5.41) is 2.36. The van der Waals surface area contributed by atoms with Crippen LogP contribution in [0.4, 0.5) is 0 Å². The van der Waals surface area contributed by atoms with Crippen LogP contribution in [0.25, 0.3) is 32.9 Å². The van der Waals surface area contributed by atoms with Crippen LogP contribution in [0.1, 0.15) is 0 Å². The lowest BCUT2D eigenvalue weighted by Crippen LogP contribution is -1.86. The van der Waals surface area contributed by atoms with E-state index >= 15 is 0 Å². The zero-order valence-electron chi connectivity index (χ0n) is 11.3. The highest BCUT2D eigenvalue weighted by atomic mass is 79.9. The Bertz CT molecular complexity index is 960. The van der Waals surface area contributed by atoms with Gasteiger partial charge in [0.1, 0.15) is 0 Å². The van der Waals surface area contributed by atoms with E-state index in [1.165, 1.54) is 21.9 Å². The van der Waals surface area contributed by atoms with Gasteiger partial charge in [0.25, 0.3) is 0 Å². The summed E-state index contributed by atoms with van der Waals surface area (Å²) in [6.45, 7) is 0. The van der Waals surface area contributed by atoms with Gasteiger partial charge >= 0.3 is 0 Å². The number of benzene rings is 3. The minimum Gasteiger partial charge on any atom is -0.248 e. The molecule has 0 N–H and O–H groups in total. The van der Waals surface area contributed by atoms with E-state index in [-0.39, 0.29) is 0 Å². The molecule has 4 rings (SSSR count). The maximum absolute atomic E-state index is 4.77. The number of hydrogen-bond donors (Lipinski definition) is 0. The van der Waals surface area contributed by atoms with E-state index in [1.807, 2.05) is 12.1 Å². The Morgan fingerprint density at radius 3 is 2.43 bits per heavy atom. The van der Waals surface area contributed by atoms with Crippen molar-refractivity contribution in [1.29, 1.82) is 0 Å². The molecule has 0 spiro atoms. The molecule has 2 heteroatoms. The fourth-order valence-electron chi connectivity index (χ4n) is 2.71. The maximum atomic E-state index is 4.77. The highest BCUT2D eigenvalue weighted by Crippen LogP contribution is 2.31. The number of fused-ring (bicyclic) bond motifs is 2. The molecule has 0 fully saturated rings. The van der Waals surface area contributed by atoms with Gasteiger partial charge in [0, 0.05) is 15.2 Å². The minimum absolute atomic E-state index is 1.03. The fraction of sp³-hybridized carbons (Fsp3) is 0. The van der Waals surface area contributed by atoms with E-state index in [0.29, 0.717) is 0 Å². The van der Waals surface area contributed by atoms with Crippen LogP contribution in [0.5, 0.6) is 0 Å². The molecule has 0 saturated heterocycles. The summed E-state index contributed by atoms with van der Waals surface area (Å²) in [6.07, 6.45) is 0. The van der Waals surface area contributed by atoms with Crippen LogP contribution < -0.4 is 0 Å². The molecule has 0 amide bonds. The van der Waals surface area contributed by atoms with Crippen LogP contribution in [-0.4, -0.2) is 4.98 Å². The van der Waals surface area contributed by atoms with Crippen molar-refractivity contribution in [1.82, 2.24) is 4.98 Å². The topological polar surface area (TPSA) is 12.9 Å². The molecule has 100 valence electrons. The SMILES string of the molecule is Brc1cccc(-c2cccc3nc4ccccc4cc23)c1. The zero-order chi connectivity index (χ0) is 14.2. The fourth-order valence-corrected chi connectivity index (χ4v) is 3.11. The van der Waals surface area contributed by atoms with Crippen molar-refractivity contribution in [2.45, 2.75) is 0 Å². The molecule has 0 saturated carbocycles. The third kappa shape index (κ3) is 2.22. The molecule has 0 aliphatic carbocycles. The largest absolute Gasteiger partial charge is 0.248 e. The van der Waals surface area contributed by atoms with Gasteiger partial charge in [0.15, 0.2) is 0 Å². The summed E-state index contributed by atoms with van der Waals surface area (Å²) < 4.78 is 1.09. The van der Waals surface area contributed by atoms with Crippen molar-refractivity contribution in [2.75, 3.05) is 0 Å². The molecule has 0 aliphatic heterocycles. The molecule has 0 atom stereocenters. The van der Waals surface area contributed by atoms with E-state index in [0.717, 1.165) is 15.5 Å². The Labute approximate surface area is 131 Å². The molecule has 3 aromatic carbocycles. The van der Waals surface area contributed by atoms with Gasteiger partial charge in [-0.3, -0.25) is 0 Å². The third-order valence-electron chi connectivity index (χ3n) is 3.70. The lowest BCUT2D eigenvalue weighted by atomic mass is 9.99. The number of para-hydroxylation sites is 1. The van der Waals surface area contributed by atoms with Gasteiger partial charge in [-0.05, 0) is 41.5 Å². The Morgan fingerprint density at radius 2 is 1.52 bits per heavy atom. The van der Waals surface area contributed by atoms with Crippen LogP contribution in [0, 0.1) is 0 Å². The zero-order valence-corrected chi connectivity index (χ0v) is 12.8. The van der Waals surface area contributed by atoms with Crippen molar-refractivity contribution in [2.24, 2.45) is 0 Å².